The van der Waals surface area contributed by atoms with Crippen LogP contribution in [0.5, 0.6) is 0 Å². The number of primary amides is 1. The highest BCUT2D eigenvalue weighted by atomic mass is 35.5. The fourth-order valence-electron chi connectivity index (χ4n) is 1.91. The number of carbonyl (C=O) groups excluding carboxylic acids is 3. The Bertz CT molecular complexity index is 611. The lowest BCUT2D eigenvalue weighted by molar-refractivity contribution is -0.148. The van der Waals surface area contributed by atoms with Crippen LogP contribution in [0.3, 0.4) is 0 Å². The maximum Gasteiger partial charge on any atom is 0.312 e. The van der Waals surface area contributed by atoms with Crippen LogP contribution in [0.15, 0.2) is 18.2 Å². The Balaban J connectivity index is 2.12. The van der Waals surface area contributed by atoms with Gasteiger partial charge in [-0.05, 0) is 30.5 Å². The summed E-state index contributed by atoms with van der Waals surface area (Å²) in [5.74, 6) is -0.854. The first-order chi connectivity index (χ1) is 11.9. The number of rotatable bonds is 10. The molecule has 1 rings (SSSR count). The van der Waals surface area contributed by atoms with Crippen LogP contribution in [-0.4, -0.2) is 31.1 Å². The number of nitrogens with two attached hydrogens (primary N) is 1. The molecule has 0 saturated heterocycles. The Morgan fingerprint density at radius 3 is 2.52 bits per heavy atom. The number of esters is 1. The van der Waals surface area contributed by atoms with Crippen LogP contribution in [0.4, 0.5) is 4.79 Å². The van der Waals surface area contributed by atoms with E-state index in [2.05, 4.69) is 10.6 Å². The van der Waals surface area contributed by atoms with Gasteiger partial charge < -0.3 is 21.1 Å². The van der Waals surface area contributed by atoms with Crippen LogP contribution in [0.2, 0.25) is 10.0 Å². The minimum atomic E-state index is -0.565. The average molecular weight is 390 g/mol. The molecule has 0 aliphatic carbocycles. The van der Waals surface area contributed by atoms with E-state index in [1.807, 2.05) is 0 Å². The fourth-order valence-corrected chi connectivity index (χ4v) is 2.39. The van der Waals surface area contributed by atoms with Gasteiger partial charge in [0.15, 0.2) is 6.61 Å². The molecule has 0 saturated carbocycles. The standard InChI is InChI=1S/C16H21Cl2N3O4/c17-12-6-5-11(13(18)8-12)9-21-14(22)10-25-15(23)4-2-1-3-7-20-16(19)24/h5-6,8H,1-4,7,9-10H2,(H,21,22)(H3,19,20,24). The zero-order valence-electron chi connectivity index (χ0n) is 13.6. The Morgan fingerprint density at radius 2 is 1.84 bits per heavy atom. The van der Waals surface area contributed by atoms with E-state index >= 15 is 0 Å². The molecule has 0 radical (unpaired) electrons. The molecule has 0 aromatic heterocycles. The second-order valence-corrected chi connectivity index (χ2v) is 6.12. The normalized spacial score (nSPS) is 10.2. The van der Waals surface area contributed by atoms with Crippen molar-refractivity contribution >= 4 is 41.1 Å². The van der Waals surface area contributed by atoms with Gasteiger partial charge in [-0.1, -0.05) is 35.7 Å². The van der Waals surface area contributed by atoms with Gasteiger partial charge in [0.05, 0.1) is 0 Å². The molecular formula is C16H21Cl2N3O4. The molecule has 1 aromatic rings. The number of carbonyl (C=O) groups is 3. The highest BCUT2D eigenvalue weighted by molar-refractivity contribution is 6.35. The number of amides is 3. The van der Waals surface area contributed by atoms with E-state index in [1.165, 1.54) is 0 Å². The van der Waals surface area contributed by atoms with Crippen molar-refractivity contribution in [2.45, 2.75) is 32.2 Å². The minimum absolute atomic E-state index is 0.215. The van der Waals surface area contributed by atoms with E-state index in [0.29, 0.717) is 23.0 Å². The topological polar surface area (TPSA) is 111 Å². The lowest BCUT2D eigenvalue weighted by Gasteiger charge is -2.08. The molecule has 0 aliphatic heterocycles. The van der Waals surface area contributed by atoms with Gasteiger partial charge in [0.2, 0.25) is 0 Å². The van der Waals surface area contributed by atoms with Gasteiger partial charge in [0.25, 0.3) is 5.91 Å². The number of nitrogens with one attached hydrogen (secondary N) is 2. The Hall–Kier alpha value is -1.99. The summed E-state index contributed by atoms with van der Waals surface area (Å²) >= 11 is 11.8. The summed E-state index contributed by atoms with van der Waals surface area (Å²) in [5.41, 5.74) is 5.64. The zero-order valence-corrected chi connectivity index (χ0v) is 15.2. The molecule has 0 unspecified atom stereocenters. The summed E-state index contributed by atoms with van der Waals surface area (Å²) in [6, 6.07) is 4.41. The molecule has 4 N–H and O–H groups in total. The monoisotopic (exact) mass is 389 g/mol. The molecule has 1 aromatic carbocycles. The van der Waals surface area contributed by atoms with Gasteiger partial charge in [-0.2, -0.15) is 0 Å². The average Bonchev–Trinajstić information content (AvgIpc) is 2.55. The van der Waals surface area contributed by atoms with Crippen molar-refractivity contribution < 1.29 is 19.1 Å². The van der Waals surface area contributed by atoms with Crippen molar-refractivity contribution in [3.63, 3.8) is 0 Å². The SMILES string of the molecule is NC(=O)NCCCCCC(=O)OCC(=O)NCc1ccc(Cl)cc1Cl. The second kappa shape index (κ2) is 11.5. The number of halogens is 2. The minimum Gasteiger partial charge on any atom is -0.456 e. The first-order valence-corrected chi connectivity index (χ1v) is 8.53. The van der Waals surface area contributed by atoms with Crippen molar-refractivity contribution in [1.82, 2.24) is 10.6 Å². The quantitative estimate of drug-likeness (QED) is 0.421. The summed E-state index contributed by atoms with van der Waals surface area (Å²) in [5, 5.41) is 6.04. The summed E-state index contributed by atoms with van der Waals surface area (Å²) < 4.78 is 4.89. The molecule has 3 amide bonds. The maximum absolute atomic E-state index is 11.7. The summed E-state index contributed by atoms with van der Waals surface area (Å²) in [7, 11) is 0. The predicted octanol–water partition coefficient (Wildman–Crippen LogP) is 2.38. The molecule has 0 bridgehead atoms. The third-order valence-corrected chi connectivity index (χ3v) is 3.80. The van der Waals surface area contributed by atoms with Gasteiger partial charge in [-0.3, -0.25) is 9.59 Å². The van der Waals surface area contributed by atoms with Crippen molar-refractivity contribution in [3.05, 3.63) is 33.8 Å². The largest absolute Gasteiger partial charge is 0.456 e. The lowest BCUT2D eigenvalue weighted by Crippen LogP contribution is -2.30. The van der Waals surface area contributed by atoms with Gasteiger partial charge in [0.1, 0.15) is 0 Å². The van der Waals surface area contributed by atoms with E-state index in [4.69, 9.17) is 33.7 Å². The Labute approximate surface area is 156 Å². The number of hydrogen-bond donors (Lipinski definition) is 3. The van der Waals surface area contributed by atoms with Crippen LogP contribution in [0.1, 0.15) is 31.2 Å². The van der Waals surface area contributed by atoms with Crippen LogP contribution in [-0.2, 0) is 20.9 Å². The molecule has 7 nitrogen and oxygen atoms in total. The van der Waals surface area contributed by atoms with E-state index in [-0.39, 0.29) is 19.6 Å². The number of ether oxygens (including phenoxy) is 1. The zero-order chi connectivity index (χ0) is 18.7. The third-order valence-electron chi connectivity index (χ3n) is 3.21. The summed E-state index contributed by atoms with van der Waals surface area (Å²) in [6.45, 7) is 0.354. The van der Waals surface area contributed by atoms with Gasteiger partial charge in [0, 0.05) is 29.6 Å². The number of benzene rings is 1. The lowest BCUT2D eigenvalue weighted by atomic mass is 10.2. The van der Waals surface area contributed by atoms with Crippen LogP contribution in [0, 0.1) is 0 Å². The van der Waals surface area contributed by atoms with Crippen LogP contribution in [0.25, 0.3) is 0 Å². The highest BCUT2D eigenvalue weighted by Crippen LogP contribution is 2.20. The smallest absolute Gasteiger partial charge is 0.312 e. The molecule has 0 atom stereocenters. The number of urea groups is 1. The molecule has 138 valence electrons. The van der Waals surface area contributed by atoms with Gasteiger partial charge in [-0.15, -0.1) is 0 Å². The molecular weight excluding hydrogens is 369 g/mol. The highest BCUT2D eigenvalue weighted by Gasteiger charge is 2.08. The van der Waals surface area contributed by atoms with Crippen molar-refractivity contribution in [3.8, 4) is 0 Å². The second-order valence-electron chi connectivity index (χ2n) is 5.27. The van der Waals surface area contributed by atoms with Crippen molar-refractivity contribution in [2.24, 2.45) is 5.73 Å². The number of unbranched alkanes of at least 4 members (excludes halogenated alkanes) is 2. The molecule has 9 heteroatoms. The fraction of sp³-hybridized carbons (Fsp3) is 0.438. The first kappa shape index (κ1) is 21.1. The summed E-state index contributed by atoms with van der Waals surface area (Å²) in [6.07, 6.45) is 2.29. The van der Waals surface area contributed by atoms with Crippen LogP contribution >= 0.6 is 23.2 Å². The Morgan fingerprint density at radius 1 is 1.08 bits per heavy atom. The molecule has 0 spiro atoms. The van der Waals surface area contributed by atoms with E-state index in [9.17, 15) is 14.4 Å². The third kappa shape index (κ3) is 9.79. The van der Waals surface area contributed by atoms with Gasteiger partial charge in [-0.25, -0.2) is 4.79 Å². The van der Waals surface area contributed by atoms with E-state index in [1.54, 1.807) is 18.2 Å². The maximum atomic E-state index is 11.7. The molecule has 0 heterocycles. The van der Waals surface area contributed by atoms with Crippen LogP contribution < -0.4 is 16.4 Å². The number of hydrogen-bond acceptors (Lipinski definition) is 4. The van der Waals surface area contributed by atoms with E-state index < -0.39 is 17.9 Å². The van der Waals surface area contributed by atoms with Crippen molar-refractivity contribution in [2.75, 3.05) is 13.2 Å². The van der Waals surface area contributed by atoms with Crippen molar-refractivity contribution in [1.29, 1.82) is 0 Å². The first-order valence-electron chi connectivity index (χ1n) is 7.78. The molecule has 25 heavy (non-hydrogen) atoms. The predicted molar refractivity (Wildman–Crippen MR) is 95.3 cm³/mol. The molecule has 0 fully saturated rings. The summed E-state index contributed by atoms with van der Waals surface area (Å²) in [4.78, 5) is 33.6. The molecule has 0 aliphatic rings. The van der Waals surface area contributed by atoms with E-state index in [0.717, 1.165) is 18.4 Å². The van der Waals surface area contributed by atoms with Gasteiger partial charge >= 0.3 is 12.0 Å². The Kier molecular flexibility index (Phi) is 9.72.